The van der Waals surface area contributed by atoms with Crippen molar-refractivity contribution in [2.45, 2.75) is 19.5 Å². The molecule has 5 rings (SSSR count). The molecule has 0 amide bonds. The van der Waals surface area contributed by atoms with Gasteiger partial charge in [-0.1, -0.05) is 18.2 Å². The minimum absolute atomic E-state index is 0.696. The Bertz CT molecular complexity index is 1100. The van der Waals surface area contributed by atoms with Crippen LogP contribution in [0.15, 0.2) is 61.4 Å². The van der Waals surface area contributed by atoms with Gasteiger partial charge >= 0.3 is 0 Å². The molecule has 27 heavy (non-hydrogen) atoms. The molecular formula is C21H18N6. The number of benzene rings is 1. The number of fused-ring (bicyclic) bond motifs is 2. The van der Waals surface area contributed by atoms with Gasteiger partial charge in [0.15, 0.2) is 5.82 Å². The van der Waals surface area contributed by atoms with Crippen LogP contribution in [0.5, 0.6) is 0 Å². The lowest BCUT2D eigenvalue weighted by Gasteiger charge is -2.28. The van der Waals surface area contributed by atoms with Crippen LogP contribution in [-0.2, 0) is 19.5 Å². The van der Waals surface area contributed by atoms with Crippen molar-refractivity contribution in [2.24, 2.45) is 0 Å². The minimum atomic E-state index is 0.696. The molecule has 6 nitrogen and oxygen atoms in total. The van der Waals surface area contributed by atoms with E-state index in [1.165, 1.54) is 22.8 Å². The van der Waals surface area contributed by atoms with Crippen LogP contribution < -0.4 is 0 Å². The van der Waals surface area contributed by atoms with Crippen LogP contribution in [-0.4, -0.2) is 36.4 Å². The molecule has 132 valence electrons. The average molecular weight is 354 g/mol. The second-order valence-corrected chi connectivity index (χ2v) is 6.79. The summed E-state index contributed by atoms with van der Waals surface area (Å²) in [6.07, 6.45) is 9.84. The van der Waals surface area contributed by atoms with E-state index in [1.807, 2.05) is 24.5 Å². The van der Waals surface area contributed by atoms with Gasteiger partial charge in [-0.15, -0.1) is 0 Å². The average Bonchev–Trinajstić information content (AvgIpc) is 2.74. The van der Waals surface area contributed by atoms with Crippen molar-refractivity contribution in [3.05, 3.63) is 78.3 Å². The number of rotatable bonds is 3. The molecule has 0 N–H and O–H groups in total. The lowest BCUT2D eigenvalue weighted by atomic mass is 10.1. The van der Waals surface area contributed by atoms with Crippen molar-refractivity contribution in [2.75, 3.05) is 6.54 Å². The van der Waals surface area contributed by atoms with E-state index < -0.39 is 0 Å². The molecule has 0 spiro atoms. The van der Waals surface area contributed by atoms with Gasteiger partial charge in [-0.05, 0) is 17.7 Å². The molecule has 0 aliphatic carbocycles. The van der Waals surface area contributed by atoms with Crippen molar-refractivity contribution in [3.8, 4) is 11.4 Å². The van der Waals surface area contributed by atoms with E-state index in [4.69, 9.17) is 4.98 Å². The molecule has 0 fully saturated rings. The number of nitrogens with zero attached hydrogens (tertiary/aromatic N) is 6. The van der Waals surface area contributed by atoms with E-state index >= 15 is 0 Å². The van der Waals surface area contributed by atoms with Crippen LogP contribution in [0.4, 0.5) is 0 Å². The Hall–Kier alpha value is -3.25. The van der Waals surface area contributed by atoms with E-state index in [2.05, 4.69) is 43.0 Å². The van der Waals surface area contributed by atoms with Gasteiger partial charge in [-0.25, -0.2) is 19.9 Å². The summed E-state index contributed by atoms with van der Waals surface area (Å²) in [5, 5.41) is 1.19. The van der Waals surface area contributed by atoms with Crippen LogP contribution >= 0.6 is 0 Å². The molecule has 1 aliphatic rings. The first-order valence-corrected chi connectivity index (χ1v) is 9.01. The third-order valence-electron chi connectivity index (χ3n) is 4.89. The standard InChI is InChI=1S/C21H18N6/c1-2-4-19-16(3-1)7-15(8-24-19)12-27-6-5-20-18(13-27)11-25-21(26-20)17-9-22-14-23-10-17/h1-4,7-11,14H,5-6,12-13H2. The first-order valence-electron chi connectivity index (χ1n) is 9.01. The Balaban J connectivity index is 1.34. The molecule has 3 aromatic heterocycles. The zero-order valence-corrected chi connectivity index (χ0v) is 14.8. The topological polar surface area (TPSA) is 67.7 Å². The van der Waals surface area contributed by atoms with Gasteiger partial charge in [0, 0.05) is 61.8 Å². The number of hydrogen-bond donors (Lipinski definition) is 0. The minimum Gasteiger partial charge on any atom is -0.294 e. The van der Waals surface area contributed by atoms with Crippen LogP contribution in [0.1, 0.15) is 16.8 Å². The number of aromatic nitrogens is 5. The molecule has 0 saturated carbocycles. The Kier molecular flexibility index (Phi) is 4.03. The summed E-state index contributed by atoms with van der Waals surface area (Å²) in [6, 6.07) is 10.5. The summed E-state index contributed by atoms with van der Waals surface area (Å²) in [5.41, 5.74) is 5.43. The SMILES string of the molecule is c1ccc2ncc(CN3CCc4nc(-c5cncnc5)ncc4C3)cc2c1. The fourth-order valence-corrected chi connectivity index (χ4v) is 3.52. The Morgan fingerprint density at radius 1 is 0.963 bits per heavy atom. The number of pyridine rings is 1. The summed E-state index contributed by atoms with van der Waals surface area (Å²) in [6.45, 7) is 2.71. The smallest absolute Gasteiger partial charge is 0.162 e. The molecule has 1 aliphatic heterocycles. The quantitative estimate of drug-likeness (QED) is 0.563. The predicted octanol–water partition coefficient (Wildman–Crippen LogP) is 3.04. The molecule has 0 unspecified atom stereocenters. The molecule has 6 heteroatoms. The fraction of sp³-hybridized carbons (Fsp3) is 0.190. The van der Waals surface area contributed by atoms with Crippen molar-refractivity contribution in [1.29, 1.82) is 0 Å². The third kappa shape index (κ3) is 3.27. The van der Waals surface area contributed by atoms with Gasteiger partial charge in [-0.2, -0.15) is 0 Å². The number of para-hydroxylation sites is 1. The lowest BCUT2D eigenvalue weighted by molar-refractivity contribution is 0.243. The number of hydrogen-bond acceptors (Lipinski definition) is 6. The van der Waals surface area contributed by atoms with Gasteiger partial charge in [0.05, 0.1) is 16.8 Å². The maximum absolute atomic E-state index is 4.74. The van der Waals surface area contributed by atoms with Crippen molar-refractivity contribution in [1.82, 2.24) is 29.8 Å². The molecule has 0 radical (unpaired) electrons. The van der Waals surface area contributed by atoms with Crippen LogP contribution in [0, 0.1) is 0 Å². The van der Waals surface area contributed by atoms with Gasteiger partial charge < -0.3 is 0 Å². The highest BCUT2D eigenvalue weighted by molar-refractivity contribution is 5.78. The maximum Gasteiger partial charge on any atom is 0.162 e. The van der Waals surface area contributed by atoms with E-state index in [-0.39, 0.29) is 0 Å². The molecule has 4 aromatic rings. The van der Waals surface area contributed by atoms with E-state index in [1.54, 1.807) is 12.4 Å². The largest absolute Gasteiger partial charge is 0.294 e. The predicted molar refractivity (Wildman–Crippen MR) is 103 cm³/mol. The molecule has 4 heterocycles. The Morgan fingerprint density at radius 2 is 1.85 bits per heavy atom. The second kappa shape index (κ2) is 6.81. The third-order valence-corrected chi connectivity index (χ3v) is 4.89. The van der Waals surface area contributed by atoms with Gasteiger partial charge in [0.25, 0.3) is 0 Å². The highest BCUT2D eigenvalue weighted by Crippen LogP contribution is 2.22. The Labute approximate surface area is 157 Å². The summed E-state index contributed by atoms with van der Waals surface area (Å²) < 4.78 is 0. The van der Waals surface area contributed by atoms with Crippen molar-refractivity contribution < 1.29 is 0 Å². The van der Waals surface area contributed by atoms with E-state index in [9.17, 15) is 0 Å². The first-order chi connectivity index (χ1) is 13.3. The lowest BCUT2D eigenvalue weighted by Crippen LogP contribution is -2.31. The second-order valence-electron chi connectivity index (χ2n) is 6.79. The monoisotopic (exact) mass is 354 g/mol. The first kappa shape index (κ1) is 16.0. The summed E-state index contributed by atoms with van der Waals surface area (Å²) >= 11 is 0. The fourth-order valence-electron chi connectivity index (χ4n) is 3.52. The molecular weight excluding hydrogens is 336 g/mol. The van der Waals surface area contributed by atoms with Crippen LogP contribution in [0.3, 0.4) is 0 Å². The molecule has 0 bridgehead atoms. The van der Waals surface area contributed by atoms with Gasteiger partial charge in [0.2, 0.25) is 0 Å². The maximum atomic E-state index is 4.74. The van der Waals surface area contributed by atoms with E-state index in [0.29, 0.717) is 5.82 Å². The summed E-state index contributed by atoms with van der Waals surface area (Å²) in [7, 11) is 0. The molecule has 0 atom stereocenters. The van der Waals surface area contributed by atoms with Crippen molar-refractivity contribution >= 4 is 10.9 Å². The highest BCUT2D eigenvalue weighted by atomic mass is 15.1. The van der Waals surface area contributed by atoms with Crippen LogP contribution in [0.2, 0.25) is 0 Å². The molecule has 0 saturated heterocycles. The zero-order valence-electron chi connectivity index (χ0n) is 14.8. The zero-order chi connectivity index (χ0) is 18.1. The Morgan fingerprint density at radius 3 is 2.78 bits per heavy atom. The van der Waals surface area contributed by atoms with Gasteiger partial charge in [0.1, 0.15) is 6.33 Å². The summed E-state index contributed by atoms with van der Waals surface area (Å²) in [4.78, 5) is 24.3. The molecule has 1 aromatic carbocycles. The van der Waals surface area contributed by atoms with Gasteiger partial charge in [-0.3, -0.25) is 9.88 Å². The van der Waals surface area contributed by atoms with Crippen molar-refractivity contribution in [3.63, 3.8) is 0 Å². The normalized spacial score (nSPS) is 14.2. The summed E-state index contributed by atoms with van der Waals surface area (Å²) in [5.74, 6) is 0.696. The highest BCUT2D eigenvalue weighted by Gasteiger charge is 2.19. The van der Waals surface area contributed by atoms with Crippen LogP contribution in [0.25, 0.3) is 22.3 Å². The van der Waals surface area contributed by atoms with E-state index in [0.717, 1.165) is 42.8 Å².